The first-order chi connectivity index (χ1) is 7.54. The standard InChI is InChI=1S/C11H21N3O2/c1-5-9(8(2)15)11-12-10(13-16-11)6-7-14(3)4/h8-9,15H,5-7H2,1-4H3. The van der Waals surface area contributed by atoms with Crippen LogP contribution in [0.4, 0.5) is 0 Å². The van der Waals surface area contributed by atoms with E-state index in [-0.39, 0.29) is 5.92 Å². The number of hydrogen-bond acceptors (Lipinski definition) is 5. The zero-order chi connectivity index (χ0) is 12.1. The second-order valence-corrected chi connectivity index (χ2v) is 4.36. The first kappa shape index (κ1) is 13.1. The zero-order valence-corrected chi connectivity index (χ0v) is 10.5. The third-order valence-electron chi connectivity index (χ3n) is 2.61. The molecule has 1 aromatic heterocycles. The van der Waals surface area contributed by atoms with Crippen molar-refractivity contribution in [3.8, 4) is 0 Å². The smallest absolute Gasteiger partial charge is 0.232 e. The fourth-order valence-electron chi connectivity index (χ4n) is 1.57. The van der Waals surface area contributed by atoms with Crippen LogP contribution in [0.5, 0.6) is 0 Å². The maximum atomic E-state index is 9.56. The van der Waals surface area contributed by atoms with Gasteiger partial charge in [0.25, 0.3) is 0 Å². The van der Waals surface area contributed by atoms with Crippen molar-refractivity contribution < 1.29 is 9.63 Å². The van der Waals surface area contributed by atoms with E-state index >= 15 is 0 Å². The van der Waals surface area contributed by atoms with Gasteiger partial charge in [0, 0.05) is 13.0 Å². The molecule has 0 spiro atoms. The van der Waals surface area contributed by atoms with Crippen LogP contribution in [0.15, 0.2) is 4.52 Å². The van der Waals surface area contributed by atoms with Gasteiger partial charge in [-0.15, -0.1) is 0 Å². The molecule has 0 aromatic carbocycles. The van der Waals surface area contributed by atoms with Gasteiger partial charge in [-0.1, -0.05) is 12.1 Å². The van der Waals surface area contributed by atoms with E-state index in [9.17, 15) is 5.11 Å². The molecule has 5 heteroatoms. The molecule has 1 N–H and O–H groups in total. The highest BCUT2D eigenvalue weighted by Crippen LogP contribution is 2.21. The molecule has 16 heavy (non-hydrogen) atoms. The van der Waals surface area contributed by atoms with Gasteiger partial charge in [-0.05, 0) is 27.4 Å². The van der Waals surface area contributed by atoms with Gasteiger partial charge in [-0.3, -0.25) is 0 Å². The summed E-state index contributed by atoms with van der Waals surface area (Å²) in [6, 6.07) is 0. The fraction of sp³-hybridized carbons (Fsp3) is 0.818. The first-order valence-electron chi connectivity index (χ1n) is 5.69. The Bertz CT molecular complexity index is 310. The van der Waals surface area contributed by atoms with E-state index in [1.165, 1.54) is 0 Å². The Morgan fingerprint density at radius 3 is 2.62 bits per heavy atom. The number of rotatable bonds is 6. The molecule has 0 fully saturated rings. The molecule has 2 atom stereocenters. The van der Waals surface area contributed by atoms with Crippen molar-refractivity contribution in [3.05, 3.63) is 11.7 Å². The van der Waals surface area contributed by atoms with Gasteiger partial charge < -0.3 is 14.5 Å². The lowest BCUT2D eigenvalue weighted by Gasteiger charge is -2.12. The number of aromatic nitrogens is 2. The summed E-state index contributed by atoms with van der Waals surface area (Å²) in [5, 5.41) is 13.5. The monoisotopic (exact) mass is 227 g/mol. The van der Waals surface area contributed by atoms with Gasteiger partial charge >= 0.3 is 0 Å². The molecule has 0 amide bonds. The van der Waals surface area contributed by atoms with E-state index in [0.29, 0.717) is 11.7 Å². The molecule has 5 nitrogen and oxygen atoms in total. The van der Waals surface area contributed by atoms with Crippen molar-refractivity contribution in [1.29, 1.82) is 0 Å². The minimum Gasteiger partial charge on any atom is -0.393 e. The molecule has 0 aliphatic carbocycles. The van der Waals surface area contributed by atoms with Crippen molar-refractivity contribution in [2.24, 2.45) is 0 Å². The lowest BCUT2D eigenvalue weighted by atomic mass is 10.0. The van der Waals surface area contributed by atoms with Crippen molar-refractivity contribution in [3.63, 3.8) is 0 Å². The van der Waals surface area contributed by atoms with Crippen LogP contribution < -0.4 is 0 Å². The molecule has 1 aromatic rings. The SMILES string of the molecule is CCC(c1nc(CCN(C)C)no1)C(C)O. The summed E-state index contributed by atoms with van der Waals surface area (Å²) in [6.07, 6.45) is 1.12. The topological polar surface area (TPSA) is 62.4 Å². The summed E-state index contributed by atoms with van der Waals surface area (Å²) in [6.45, 7) is 4.64. The fourth-order valence-corrected chi connectivity index (χ4v) is 1.57. The molecule has 0 aliphatic rings. The Morgan fingerprint density at radius 2 is 2.12 bits per heavy atom. The van der Waals surface area contributed by atoms with Gasteiger partial charge in [0.05, 0.1) is 12.0 Å². The van der Waals surface area contributed by atoms with Crippen molar-refractivity contribution in [1.82, 2.24) is 15.0 Å². The normalized spacial score (nSPS) is 15.4. The molecule has 1 rings (SSSR count). The van der Waals surface area contributed by atoms with E-state index in [2.05, 4.69) is 15.0 Å². The summed E-state index contributed by atoms with van der Waals surface area (Å²) in [5.74, 6) is 1.20. The van der Waals surface area contributed by atoms with Gasteiger partial charge in [-0.25, -0.2) is 0 Å². The number of aliphatic hydroxyl groups excluding tert-OH is 1. The Morgan fingerprint density at radius 1 is 1.44 bits per heavy atom. The van der Waals surface area contributed by atoms with E-state index in [1.807, 2.05) is 21.0 Å². The highest BCUT2D eigenvalue weighted by Gasteiger charge is 2.21. The lowest BCUT2D eigenvalue weighted by Crippen LogP contribution is -2.16. The van der Waals surface area contributed by atoms with Crippen LogP contribution in [0.1, 0.15) is 37.9 Å². The largest absolute Gasteiger partial charge is 0.393 e. The van der Waals surface area contributed by atoms with Crippen LogP contribution >= 0.6 is 0 Å². The number of hydrogen-bond donors (Lipinski definition) is 1. The van der Waals surface area contributed by atoms with E-state index in [0.717, 1.165) is 19.4 Å². The Balaban J connectivity index is 2.62. The third-order valence-corrected chi connectivity index (χ3v) is 2.61. The maximum Gasteiger partial charge on any atom is 0.232 e. The molecule has 0 saturated carbocycles. The number of likely N-dealkylation sites (N-methyl/N-ethyl adjacent to an activating group) is 1. The molecule has 92 valence electrons. The van der Waals surface area contributed by atoms with Crippen molar-refractivity contribution in [2.45, 2.75) is 38.7 Å². The predicted molar refractivity (Wildman–Crippen MR) is 61.3 cm³/mol. The number of aliphatic hydroxyl groups is 1. The maximum absolute atomic E-state index is 9.56. The lowest BCUT2D eigenvalue weighted by molar-refractivity contribution is 0.141. The molecular weight excluding hydrogens is 206 g/mol. The second kappa shape index (κ2) is 5.96. The highest BCUT2D eigenvalue weighted by atomic mass is 16.5. The highest BCUT2D eigenvalue weighted by molar-refractivity contribution is 4.96. The van der Waals surface area contributed by atoms with Crippen molar-refractivity contribution in [2.75, 3.05) is 20.6 Å². The average Bonchev–Trinajstić information content (AvgIpc) is 2.64. The summed E-state index contributed by atoms with van der Waals surface area (Å²) >= 11 is 0. The summed E-state index contributed by atoms with van der Waals surface area (Å²) in [7, 11) is 4.01. The zero-order valence-electron chi connectivity index (χ0n) is 10.5. The first-order valence-corrected chi connectivity index (χ1v) is 5.69. The second-order valence-electron chi connectivity index (χ2n) is 4.36. The minimum absolute atomic E-state index is 0.0550. The van der Waals surface area contributed by atoms with E-state index < -0.39 is 6.10 Å². The molecule has 1 heterocycles. The van der Waals surface area contributed by atoms with Crippen LogP contribution in [0.3, 0.4) is 0 Å². The summed E-state index contributed by atoms with van der Waals surface area (Å²) in [5.41, 5.74) is 0. The molecule has 0 aliphatic heterocycles. The Hall–Kier alpha value is -0.940. The summed E-state index contributed by atoms with van der Waals surface area (Å²) < 4.78 is 5.17. The van der Waals surface area contributed by atoms with Crippen LogP contribution in [0.25, 0.3) is 0 Å². The minimum atomic E-state index is -0.452. The van der Waals surface area contributed by atoms with E-state index in [1.54, 1.807) is 6.92 Å². The van der Waals surface area contributed by atoms with Gasteiger partial charge in [-0.2, -0.15) is 4.98 Å². The number of nitrogens with zero attached hydrogens (tertiary/aromatic N) is 3. The van der Waals surface area contributed by atoms with E-state index in [4.69, 9.17) is 4.52 Å². The predicted octanol–water partition coefficient (Wildman–Crippen LogP) is 1.05. The molecule has 0 radical (unpaired) electrons. The van der Waals surface area contributed by atoms with Crippen LogP contribution in [-0.2, 0) is 6.42 Å². The van der Waals surface area contributed by atoms with Gasteiger partial charge in [0.15, 0.2) is 5.82 Å². The van der Waals surface area contributed by atoms with Crippen molar-refractivity contribution >= 4 is 0 Å². The van der Waals surface area contributed by atoms with Gasteiger partial charge in [0.1, 0.15) is 0 Å². The van der Waals surface area contributed by atoms with Crippen LogP contribution in [-0.4, -0.2) is 46.9 Å². The van der Waals surface area contributed by atoms with Crippen LogP contribution in [0, 0.1) is 0 Å². The summed E-state index contributed by atoms with van der Waals surface area (Å²) in [4.78, 5) is 6.38. The Labute approximate surface area is 96.5 Å². The molecule has 0 bridgehead atoms. The van der Waals surface area contributed by atoms with Crippen LogP contribution in [0.2, 0.25) is 0 Å². The molecule has 2 unspecified atom stereocenters. The third kappa shape index (κ3) is 3.57. The quantitative estimate of drug-likeness (QED) is 0.787. The molecule has 0 saturated heterocycles. The average molecular weight is 227 g/mol. The Kier molecular flexibility index (Phi) is 4.89. The van der Waals surface area contributed by atoms with Gasteiger partial charge in [0.2, 0.25) is 5.89 Å². The molecular formula is C11H21N3O2.